The van der Waals surface area contributed by atoms with E-state index in [1.165, 1.54) is 21.1 Å². The van der Waals surface area contributed by atoms with E-state index in [0.29, 0.717) is 47.7 Å². The molecule has 0 saturated carbocycles. The number of pyridine rings is 1. The van der Waals surface area contributed by atoms with Crippen LogP contribution in [0.4, 0.5) is 5.82 Å². The molecule has 2 aromatic heterocycles. The Morgan fingerprint density at radius 2 is 1.79 bits per heavy atom. The molecule has 0 amide bonds. The summed E-state index contributed by atoms with van der Waals surface area (Å²) in [5, 5.41) is 9.44. The number of carbonyl (C=O) groups is 1. The maximum absolute atomic E-state index is 13.6. The van der Waals surface area contributed by atoms with E-state index in [0.717, 1.165) is 17.8 Å². The van der Waals surface area contributed by atoms with E-state index < -0.39 is 11.5 Å². The van der Waals surface area contributed by atoms with Gasteiger partial charge in [0.25, 0.3) is 5.56 Å². The summed E-state index contributed by atoms with van der Waals surface area (Å²) in [6, 6.07) is 6.93. The van der Waals surface area contributed by atoms with Gasteiger partial charge in [-0.2, -0.15) is 0 Å². The average molecular weight is 528 g/mol. The highest BCUT2D eigenvalue weighted by Gasteiger charge is 2.25. The molecular weight excluding hydrogens is 494 g/mol. The van der Waals surface area contributed by atoms with Gasteiger partial charge in [0.05, 0.1) is 26.3 Å². The quantitative estimate of drug-likeness (QED) is 0.433. The minimum absolute atomic E-state index is 0.0313. The molecule has 1 saturated heterocycles. The lowest BCUT2D eigenvalue weighted by molar-refractivity contribution is -0.141. The summed E-state index contributed by atoms with van der Waals surface area (Å²) in [6.45, 7) is 8.58. The van der Waals surface area contributed by atoms with Crippen LogP contribution < -0.4 is 29.5 Å². The molecule has 204 valence electrons. The summed E-state index contributed by atoms with van der Waals surface area (Å²) in [5.74, 6) is 1.05. The number of ether oxygens (including phenoxy) is 3. The molecule has 0 bridgehead atoms. The fourth-order valence-electron chi connectivity index (χ4n) is 4.40. The van der Waals surface area contributed by atoms with Crippen LogP contribution in [0.2, 0.25) is 0 Å². The molecule has 1 aliphatic rings. The van der Waals surface area contributed by atoms with Crippen molar-refractivity contribution in [1.82, 2.24) is 19.6 Å². The predicted octanol–water partition coefficient (Wildman–Crippen LogP) is 1.35. The van der Waals surface area contributed by atoms with Gasteiger partial charge in [-0.25, -0.2) is 14.8 Å². The van der Waals surface area contributed by atoms with Crippen molar-refractivity contribution < 1.29 is 28.9 Å². The first-order valence-electron chi connectivity index (χ1n) is 12.4. The summed E-state index contributed by atoms with van der Waals surface area (Å²) in [4.78, 5) is 44.8. The van der Waals surface area contributed by atoms with Crippen LogP contribution in [-0.2, 0) is 4.79 Å². The zero-order valence-corrected chi connectivity index (χ0v) is 22.3. The summed E-state index contributed by atoms with van der Waals surface area (Å²) < 4.78 is 17.4. The molecule has 3 heterocycles. The molecule has 12 nitrogen and oxygen atoms in total. The first-order valence-corrected chi connectivity index (χ1v) is 12.4. The van der Waals surface area contributed by atoms with Crippen LogP contribution in [0.15, 0.2) is 29.1 Å². The van der Waals surface area contributed by atoms with Crippen molar-refractivity contribution >= 4 is 22.7 Å². The normalized spacial score (nSPS) is 14.1. The van der Waals surface area contributed by atoms with Gasteiger partial charge in [-0.05, 0) is 26.0 Å². The Kier molecular flexibility index (Phi) is 8.32. The van der Waals surface area contributed by atoms with Crippen molar-refractivity contribution in [3.63, 3.8) is 0 Å². The summed E-state index contributed by atoms with van der Waals surface area (Å²) in [7, 11) is 2.93. The second-order valence-electron chi connectivity index (χ2n) is 9.05. The molecule has 1 aliphatic heterocycles. The van der Waals surface area contributed by atoms with E-state index in [2.05, 4.69) is 28.6 Å². The Balaban J connectivity index is 1.88. The Morgan fingerprint density at radius 1 is 1.05 bits per heavy atom. The molecule has 0 unspecified atom stereocenters. The van der Waals surface area contributed by atoms with Gasteiger partial charge in [0, 0.05) is 51.3 Å². The van der Waals surface area contributed by atoms with E-state index in [4.69, 9.17) is 24.0 Å². The lowest BCUT2D eigenvalue weighted by atomic mass is 10.2. The first-order chi connectivity index (χ1) is 18.3. The SMILES string of the molecule is COc1cc(OC)c2c(=O)n(OC(C)=O)c(-c3ccc(OCCO)c(N4CCN(C(C)C)CC4)n3)nc2c1. The van der Waals surface area contributed by atoms with E-state index in [1.54, 1.807) is 24.3 Å². The number of fused-ring (bicyclic) bond motifs is 1. The first kappa shape index (κ1) is 27.1. The van der Waals surface area contributed by atoms with Crippen molar-refractivity contribution in [3.05, 3.63) is 34.6 Å². The Morgan fingerprint density at radius 3 is 2.39 bits per heavy atom. The third-order valence-corrected chi connectivity index (χ3v) is 6.31. The minimum atomic E-state index is -0.699. The van der Waals surface area contributed by atoms with Crippen LogP contribution >= 0.6 is 0 Å². The van der Waals surface area contributed by atoms with Crippen molar-refractivity contribution in [1.29, 1.82) is 0 Å². The van der Waals surface area contributed by atoms with Crippen LogP contribution in [-0.4, -0.2) is 90.3 Å². The number of anilines is 1. The number of rotatable bonds is 9. The molecule has 1 N–H and O–H groups in total. The van der Waals surface area contributed by atoms with Gasteiger partial charge in [-0.15, -0.1) is 4.73 Å². The number of methoxy groups -OCH3 is 2. The maximum Gasteiger partial charge on any atom is 0.330 e. The van der Waals surface area contributed by atoms with Crippen molar-refractivity contribution in [2.45, 2.75) is 26.8 Å². The van der Waals surface area contributed by atoms with Gasteiger partial charge in [0.15, 0.2) is 17.4 Å². The molecule has 0 spiro atoms. The van der Waals surface area contributed by atoms with Gasteiger partial charge >= 0.3 is 5.97 Å². The van der Waals surface area contributed by atoms with E-state index in [9.17, 15) is 14.7 Å². The molecule has 4 rings (SSSR count). The molecule has 3 aromatic rings. The third kappa shape index (κ3) is 5.50. The molecule has 1 fully saturated rings. The average Bonchev–Trinajstić information content (AvgIpc) is 2.92. The van der Waals surface area contributed by atoms with E-state index in [1.807, 2.05) is 0 Å². The van der Waals surface area contributed by atoms with Gasteiger partial charge in [-0.1, -0.05) is 0 Å². The predicted molar refractivity (Wildman–Crippen MR) is 141 cm³/mol. The minimum Gasteiger partial charge on any atom is -0.497 e. The van der Waals surface area contributed by atoms with Gasteiger partial charge in [0.1, 0.15) is 29.2 Å². The van der Waals surface area contributed by atoms with Gasteiger partial charge in [0.2, 0.25) is 0 Å². The maximum atomic E-state index is 13.6. The topological polar surface area (TPSA) is 128 Å². The van der Waals surface area contributed by atoms with Crippen LogP contribution in [0.3, 0.4) is 0 Å². The lowest BCUT2D eigenvalue weighted by Gasteiger charge is -2.38. The summed E-state index contributed by atoms with van der Waals surface area (Å²) in [6.07, 6.45) is 0. The number of aliphatic hydroxyl groups is 1. The largest absolute Gasteiger partial charge is 0.497 e. The van der Waals surface area contributed by atoms with E-state index in [-0.39, 0.29) is 30.2 Å². The smallest absolute Gasteiger partial charge is 0.330 e. The monoisotopic (exact) mass is 527 g/mol. The number of piperazine rings is 1. The summed E-state index contributed by atoms with van der Waals surface area (Å²) >= 11 is 0. The highest BCUT2D eigenvalue weighted by atomic mass is 16.7. The van der Waals surface area contributed by atoms with Crippen LogP contribution in [0, 0.1) is 0 Å². The van der Waals surface area contributed by atoms with Gasteiger partial charge in [-0.3, -0.25) is 9.69 Å². The number of benzene rings is 1. The number of carbonyl (C=O) groups excluding carboxylic acids is 1. The third-order valence-electron chi connectivity index (χ3n) is 6.31. The summed E-state index contributed by atoms with van der Waals surface area (Å²) in [5.41, 5.74) is -0.0435. The molecule has 1 aromatic carbocycles. The number of aromatic nitrogens is 3. The number of aliphatic hydroxyl groups excluding tert-OH is 1. The molecule has 0 radical (unpaired) electrons. The fraction of sp³-hybridized carbons (Fsp3) is 0.462. The molecule has 0 aliphatic carbocycles. The molecule has 38 heavy (non-hydrogen) atoms. The number of nitrogens with zero attached hydrogens (tertiary/aromatic N) is 5. The molecule has 0 atom stereocenters. The van der Waals surface area contributed by atoms with Crippen LogP contribution in [0.1, 0.15) is 20.8 Å². The number of hydrogen-bond donors (Lipinski definition) is 1. The van der Waals surface area contributed by atoms with E-state index >= 15 is 0 Å². The highest BCUT2D eigenvalue weighted by Crippen LogP contribution is 2.32. The zero-order chi connectivity index (χ0) is 27.4. The van der Waals surface area contributed by atoms with Crippen molar-refractivity contribution in [3.8, 4) is 28.8 Å². The zero-order valence-electron chi connectivity index (χ0n) is 22.3. The fourth-order valence-corrected chi connectivity index (χ4v) is 4.40. The molecule has 12 heteroatoms. The Hall–Kier alpha value is -3.90. The highest BCUT2D eigenvalue weighted by molar-refractivity contribution is 5.87. The van der Waals surface area contributed by atoms with Crippen LogP contribution in [0.25, 0.3) is 22.4 Å². The lowest BCUT2D eigenvalue weighted by Crippen LogP contribution is -2.49. The Bertz CT molecular complexity index is 1370. The van der Waals surface area contributed by atoms with Crippen molar-refractivity contribution in [2.24, 2.45) is 0 Å². The Labute approximate surface area is 220 Å². The van der Waals surface area contributed by atoms with Crippen LogP contribution in [0.5, 0.6) is 17.2 Å². The standard InChI is InChI=1S/C26H33N5O7/c1-16(2)29-8-10-30(11-9-29)25-21(37-13-12-32)7-6-19(27-25)24-28-20-14-18(35-4)15-22(36-5)23(20)26(34)31(24)38-17(3)33/h6-7,14-16,32H,8-13H2,1-5H3. The second kappa shape index (κ2) is 11.7. The van der Waals surface area contributed by atoms with Crippen molar-refractivity contribution in [2.75, 3.05) is 58.5 Å². The molecular formula is C26H33N5O7. The van der Waals surface area contributed by atoms with Gasteiger partial charge < -0.3 is 29.1 Å². The number of hydrogen-bond acceptors (Lipinski definition) is 11. The second-order valence-corrected chi connectivity index (χ2v) is 9.05.